The standard InChI is InChI=1S/C32H31ClF3N7O5.CH5N/c1-2-41(30(47)27-24(44)4-3-12-37-27)13-9-18-5-8-23-26(18)29(46)43-31(39-28(40-43)19-10-14-48-15-11-19)42(23)17-25(45)38-22-7-6-20(16-21(22)33)32(34,35)36;1-2/h3-4,6-7,10,12,16,18,44H,2,5,8-9,11,13-15,17H2,1H3,(H,38,45);2H2,1H3. The molecule has 6 rings (SSSR count). The van der Waals surface area contributed by atoms with Gasteiger partial charge in [-0.3, -0.25) is 14.4 Å². The van der Waals surface area contributed by atoms with E-state index in [1.807, 2.05) is 6.08 Å². The second-order valence-corrected chi connectivity index (χ2v) is 11.9. The van der Waals surface area contributed by atoms with Gasteiger partial charge < -0.3 is 30.4 Å². The molecule has 0 saturated heterocycles. The summed E-state index contributed by atoms with van der Waals surface area (Å²) in [6, 6.07) is 5.56. The summed E-state index contributed by atoms with van der Waals surface area (Å²) in [7, 11) is 1.50. The highest BCUT2D eigenvalue weighted by Gasteiger charge is 2.34. The van der Waals surface area contributed by atoms with Crippen LogP contribution in [0.2, 0.25) is 5.02 Å². The molecule has 1 aromatic carbocycles. The monoisotopic (exact) mass is 716 g/mol. The molecule has 50 heavy (non-hydrogen) atoms. The maximum Gasteiger partial charge on any atom is 0.416 e. The molecule has 1 aliphatic carbocycles. The normalized spacial score (nSPS) is 15.6. The number of ether oxygens (including phenoxy) is 1. The van der Waals surface area contributed by atoms with Gasteiger partial charge in [-0.25, -0.2) is 4.98 Å². The first kappa shape index (κ1) is 36.5. The molecule has 4 heterocycles. The third kappa shape index (κ3) is 7.51. The average molecular weight is 717 g/mol. The number of nitrogens with one attached hydrogen (secondary N) is 1. The molecule has 1 aliphatic heterocycles. The number of nitrogens with zero attached hydrogens (tertiary/aromatic N) is 6. The van der Waals surface area contributed by atoms with Gasteiger partial charge >= 0.3 is 6.18 Å². The van der Waals surface area contributed by atoms with Crippen molar-refractivity contribution < 1.29 is 32.6 Å². The van der Waals surface area contributed by atoms with E-state index >= 15 is 0 Å². The van der Waals surface area contributed by atoms with Crippen LogP contribution in [0.3, 0.4) is 0 Å². The minimum absolute atomic E-state index is 0.000891. The molecule has 17 heteroatoms. The van der Waals surface area contributed by atoms with E-state index in [1.165, 1.54) is 29.9 Å². The Balaban J connectivity index is 0.00000239. The predicted octanol–water partition coefficient (Wildman–Crippen LogP) is 4.26. The molecule has 0 saturated carbocycles. The summed E-state index contributed by atoms with van der Waals surface area (Å²) < 4.78 is 47.6. The van der Waals surface area contributed by atoms with Gasteiger partial charge in [0, 0.05) is 30.5 Å². The number of aromatic hydroxyl groups is 1. The molecule has 4 N–H and O–H groups in total. The largest absolute Gasteiger partial charge is 0.505 e. The Hall–Kier alpha value is -4.80. The second-order valence-electron chi connectivity index (χ2n) is 11.5. The van der Waals surface area contributed by atoms with E-state index in [1.54, 1.807) is 16.4 Å². The van der Waals surface area contributed by atoms with E-state index in [0.29, 0.717) is 62.5 Å². The highest BCUT2D eigenvalue weighted by Crippen LogP contribution is 2.36. The lowest BCUT2D eigenvalue weighted by atomic mass is 9.99. The molecule has 4 aromatic rings. The number of pyridine rings is 1. The molecule has 13 nitrogen and oxygen atoms in total. The van der Waals surface area contributed by atoms with Crippen LogP contribution in [0.4, 0.5) is 18.9 Å². The van der Waals surface area contributed by atoms with Gasteiger partial charge in [-0.1, -0.05) is 17.7 Å². The van der Waals surface area contributed by atoms with Gasteiger partial charge in [0.2, 0.25) is 11.7 Å². The summed E-state index contributed by atoms with van der Waals surface area (Å²) in [6.45, 7) is 2.93. The first-order valence-electron chi connectivity index (χ1n) is 15.9. The van der Waals surface area contributed by atoms with E-state index in [0.717, 1.165) is 23.8 Å². The van der Waals surface area contributed by atoms with Crippen LogP contribution in [0.15, 0.2) is 47.4 Å². The summed E-state index contributed by atoms with van der Waals surface area (Å²) in [5.74, 6) is -1.08. The minimum Gasteiger partial charge on any atom is -0.505 e. The van der Waals surface area contributed by atoms with Crippen LogP contribution in [0, 0.1) is 0 Å². The van der Waals surface area contributed by atoms with Gasteiger partial charge in [-0.2, -0.15) is 22.7 Å². The number of anilines is 1. The Morgan fingerprint density at radius 3 is 2.66 bits per heavy atom. The summed E-state index contributed by atoms with van der Waals surface area (Å²) in [5.41, 5.74) is 4.94. The Bertz CT molecular complexity index is 1990. The second kappa shape index (κ2) is 15.4. The first-order chi connectivity index (χ1) is 24.0. The zero-order valence-electron chi connectivity index (χ0n) is 27.3. The molecule has 1 atom stereocenters. The van der Waals surface area contributed by atoms with Crippen molar-refractivity contribution in [3.05, 3.63) is 86.3 Å². The van der Waals surface area contributed by atoms with Crippen molar-refractivity contribution in [1.29, 1.82) is 0 Å². The highest BCUT2D eigenvalue weighted by atomic mass is 35.5. The van der Waals surface area contributed by atoms with E-state index in [9.17, 15) is 32.7 Å². The number of rotatable bonds is 9. The lowest BCUT2D eigenvalue weighted by molar-refractivity contribution is -0.137. The number of halogens is 4. The Labute approximate surface area is 289 Å². The lowest BCUT2D eigenvalue weighted by Gasteiger charge is -2.23. The molecular formula is C33H36ClF3N8O5. The van der Waals surface area contributed by atoms with Gasteiger partial charge in [0.25, 0.3) is 11.5 Å². The van der Waals surface area contributed by atoms with Crippen LogP contribution in [0.1, 0.15) is 65.2 Å². The van der Waals surface area contributed by atoms with Crippen molar-refractivity contribution in [2.75, 3.05) is 38.7 Å². The Kier molecular flexibility index (Phi) is 11.2. The van der Waals surface area contributed by atoms with Crippen LogP contribution in [-0.2, 0) is 28.7 Å². The Morgan fingerprint density at radius 1 is 1.22 bits per heavy atom. The van der Waals surface area contributed by atoms with E-state index < -0.39 is 23.6 Å². The van der Waals surface area contributed by atoms with Crippen molar-refractivity contribution in [3.8, 4) is 5.75 Å². The molecule has 0 fully saturated rings. The summed E-state index contributed by atoms with van der Waals surface area (Å²) in [4.78, 5) is 50.7. The predicted molar refractivity (Wildman–Crippen MR) is 179 cm³/mol. The van der Waals surface area contributed by atoms with E-state index in [-0.39, 0.29) is 52.5 Å². The van der Waals surface area contributed by atoms with Gasteiger partial charge in [0.15, 0.2) is 11.5 Å². The number of amides is 2. The summed E-state index contributed by atoms with van der Waals surface area (Å²) in [6.07, 6.45) is 0.591. The third-order valence-electron chi connectivity index (χ3n) is 8.56. The molecule has 2 aliphatic rings. The fourth-order valence-electron chi connectivity index (χ4n) is 6.13. The lowest BCUT2D eigenvalue weighted by Crippen LogP contribution is -2.34. The maximum absolute atomic E-state index is 14.0. The van der Waals surface area contributed by atoms with Crippen LogP contribution in [-0.4, -0.2) is 79.3 Å². The van der Waals surface area contributed by atoms with Gasteiger partial charge in [0.1, 0.15) is 12.3 Å². The van der Waals surface area contributed by atoms with Crippen molar-refractivity contribution in [2.24, 2.45) is 5.73 Å². The molecule has 0 radical (unpaired) electrons. The number of benzene rings is 1. The van der Waals surface area contributed by atoms with Gasteiger partial charge in [-0.15, -0.1) is 5.10 Å². The summed E-state index contributed by atoms with van der Waals surface area (Å²) in [5, 5.41) is 17.0. The first-order valence-corrected chi connectivity index (χ1v) is 16.3. The van der Waals surface area contributed by atoms with Crippen molar-refractivity contribution in [1.82, 2.24) is 29.0 Å². The molecule has 2 amide bonds. The van der Waals surface area contributed by atoms with E-state index in [2.05, 4.69) is 26.1 Å². The van der Waals surface area contributed by atoms with Crippen molar-refractivity contribution in [2.45, 2.75) is 51.2 Å². The molecule has 0 bridgehead atoms. The smallest absolute Gasteiger partial charge is 0.416 e. The summed E-state index contributed by atoms with van der Waals surface area (Å²) >= 11 is 6.09. The fourth-order valence-corrected chi connectivity index (χ4v) is 6.35. The molecule has 266 valence electrons. The number of fused-ring (bicyclic) bond motifs is 2. The van der Waals surface area contributed by atoms with Crippen molar-refractivity contribution >= 4 is 40.5 Å². The number of carbonyl (C=O) groups is 2. The van der Waals surface area contributed by atoms with Crippen LogP contribution in [0.5, 0.6) is 5.75 Å². The van der Waals surface area contributed by atoms with Crippen LogP contribution < -0.4 is 16.6 Å². The number of aromatic nitrogens is 5. The molecule has 1 unspecified atom stereocenters. The zero-order chi connectivity index (χ0) is 36.2. The molecular weight excluding hydrogens is 681 g/mol. The quantitative estimate of drug-likeness (QED) is 0.229. The zero-order valence-corrected chi connectivity index (χ0v) is 28.1. The van der Waals surface area contributed by atoms with Crippen LogP contribution in [0.25, 0.3) is 11.4 Å². The maximum atomic E-state index is 14.0. The van der Waals surface area contributed by atoms with Gasteiger partial charge in [0.05, 0.1) is 29.5 Å². The number of alkyl halides is 3. The topological polar surface area (TPSA) is 170 Å². The fraction of sp³-hybridized carbons (Fsp3) is 0.394. The molecule has 3 aromatic heterocycles. The number of hydrogen-bond acceptors (Lipinski definition) is 9. The van der Waals surface area contributed by atoms with E-state index in [4.69, 9.17) is 16.3 Å². The Morgan fingerprint density at radius 2 is 2.00 bits per heavy atom. The van der Waals surface area contributed by atoms with Crippen LogP contribution >= 0.6 is 11.6 Å². The minimum atomic E-state index is -4.60. The average Bonchev–Trinajstić information content (AvgIpc) is 3.75. The SMILES string of the molecule is CCN(CCC1CCc2c1c(=O)n1nc(C3=CCOCC3)nc1n2CC(=O)Nc1ccc(C(F)(F)F)cc1Cl)C(=O)c1ncccc1O.CN. The van der Waals surface area contributed by atoms with Crippen molar-refractivity contribution in [3.63, 3.8) is 0 Å². The molecule has 0 spiro atoms. The number of hydrogen-bond donors (Lipinski definition) is 3. The number of nitrogens with two attached hydrogens (primary N) is 1. The highest BCUT2D eigenvalue weighted by molar-refractivity contribution is 6.33. The number of carbonyl (C=O) groups excluding carboxylic acids is 2. The third-order valence-corrected chi connectivity index (χ3v) is 8.87. The van der Waals surface area contributed by atoms with Gasteiger partial charge in [-0.05, 0) is 81.5 Å².